The van der Waals surface area contributed by atoms with E-state index in [1.54, 1.807) is 43.3 Å². The Morgan fingerprint density at radius 1 is 0.881 bits per heavy atom. The molecule has 0 bridgehead atoms. The lowest BCUT2D eigenvalue weighted by Crippen LogP contribution is -2.53. The molecule has 0 unspecified atom stereocenters. The first-order valence-corrected chi connectivity index (χ1v) is 15.9. The van der Waals surface area contributed by atoms with Crippen molar-refractivity contribution in [1.29, 1.82) is 0 Å². The Balaban J connectivity index is 1.66. The first kappa shape index (κ1) is 31.1. The number of amides is 2. The lowest BCUT2D eigenvalue weighted by atomic mass is 9.95. The number of hydrogen-bond donors (Lipinski definition) is 1. The van der Waals surface area contributed by atoms with Gasteiger partial charge in [0.05, 0.1) is 17.7 Å². The largest absolute Gasteiger partial charge is 0.497 e. The van der Waals surface area contributed by atoms with Gasteiger partial charge in [-0.15, -0.1) is 0 Å². The number of sulfonamides is 1. The van der Waals surface area contributed by atoms with Crippen molar-refractivity contribution in [1.82, 2.24) is 10.2 Å². The van der Waals surface area contributed by atoms with Crippen LogP contribution in [-0.2, 0) is 26.2 Å². The molecular formula is C33H41N3O5S. The van der Waals surface area contributed by atoms with Gasteiger partial charge in [-0.1, -0.05) is 66.8 Å². The minimum Gasteiger partial charge on any atom is -0.497 e. The smallest absolute Gasteiger partial charge is 0.264 e. The zero-order chi connectivity index (χ0) is 30.3. The van der Waals surface area contributed by atoms with Crippen LogP contribution in [0.3, 0.4) is 0 Å². The number of ether oxygens (including phenoxy) is 1. The van der Waals surface area contributed by atoms with Crippen LogP contribution in [0.1, 0.15) is 55.7 Å². The van der Waals surface area contributed by atoms with Gasteiger partial charge >= 0.3 is 0 Å². The van der Waals surface area contributed by atoms with E-state index >= 15 is 0 Å². The highest BCUT2D eigenvalue weighted by molar-refractivity contribution is 7.92. The molecule has 3 aromatic rings. The molecule has 3 aromatic carbocycles. The molecule has 0 radical (unpaired) electrons. The Bertz CT molecular complexity index is 1450. The molecule has 0 spiro atoms. The number of carbonyl (C=O) groups is 2. The molecule has 0 saturated heterocycles. The summed E-state index contributed by atoms with van der Waals surface area (Å²) in [5.74, 6) is -0.184. The van der Waals surface area contributed by atoms with E-state index < -0.39 is 28.5 Å². The Labute approximate surface area is 249 Å². The molecule has 224 valence electrons. The maximum atomic E-state index is 14.1. The summed E-state index contributed by atoms with van der Waals surface area (Å²) in [7, 11) is -2.63. The average molecular weight is 592 g/mol. The summed E-state index contributed by atoms with van der Waals surface area (Å²) in [6, 6.07) is 20.1. The highest BCUT2D eigenvalue weighted by Gasteiger charge is 2.33. The Morgan fingerprint density at radius 2 is 1.45 bits per heavy atom. The van der Waals surface area contributed by atoms with Gasteiger partial charge in [0.15, 0.2) is 0 Å². The molecule has 9 heteroatoms. The van der Waals surface area contributed by atoms with Gasteiger partial charge in [-0.2, -0.15) is 0 Å². The second kappa shape index (κ2) is 13.9. The van der Waals surface area contributed by atoms with Gasteiger partial charge in [0.2, 0.25) is 11.8 Å². The van der Waals surface area contributed by atoms with Gasteiger partial charge < -0.3 is 15.0 Å². The van der Waals surface area contributed by atoms with E-state index in [4.69, 9.17) is 4.74 Å². The van der Waals surface area contributed by atoms with Crippen molar-refractivity contribution >= 4 is 27.5 Å². The predicted molar refractivity (Wildman–Crippen MR) is 165 cm³/mol. The SMILES string of the molecule is COc1ccc(S(=O)(=O)N(CC(=O)N(Cc2ccc(C)cc2)[C@@H](C)C(=O)NC2CCCCC2)c2ccc(C)cc2)cc1. The standard InChI is InChI=1S/C33H41N3O5S/c1-24-10-14-27(15-11-24)22-35(26(3)33(38)34-28-8-6-5-7-9-28)32(37)23-36(29-16-12-25(2)13-17-29)42(39,40)31-20-18-30(41-4)19-21-31/h10-21,26,28H,5-9,22-23H2,1-4H3,(H,34,38)/t26-/m0/s1. The van der Waals surface area contributed by atoms with Crippen LogP contribution in [0.25, 0.3) is 0 Å². The van der Waals surface area contributed by atoms with Gasteiger partial charge in [-0.25, -0.2) is 8.42 Å². The first-order valence-electron chi connectivity index (χ1n) is 14.5. The zero-order valence-corrected chi connectivity index (χ0v) is 25.7. The molecule has 1 aliphatic rings. The summed E-state index contributed by atoms with van der Waals surface area (Å²) in [5.41, 5.74) is 3.25. The second-order valence-corrected chi connectivity index (χ2v) is 12.9. The third-order valence-electron chi connectivity index (χ3n) is 7.84. The van der Waals surface area contributed by atoms with E-state index in [1.165, 1.54) is 24.1 Å². The van der Waals surface area contributed by atoms with Crippen molar-refractivity contribution in [2.75, 3.05) is 18.0 Å². The minimum absolute atomic E-state index is 0.0323. The highest BCUT2D eigenvalue weighted by atomic mass is 32.2. The van der Waals surface area contributed by atoms with E-state index in [0.717, 1.165) is 53.1 Å². The summed E-state index contributed by atoms with van der Waals surface area (Å²) >= 11 is 0. The molecule has 1 aliphatic carbocycles. The number of aryl methyl sites for hydroxylation is 2. The predicted octanol–water partition coefficient (Wildman–Crippen LogP) is 5.37. The number of rotatable bonds is 11. The monoisotopic (exact) mass is 591 g/mol. The van der Waals surface area contributed by atoms with E-state index in [-0.39, 0.29) is 23.4 Å². The Kier molecular flexibility index (Phi) is 10.3. The van der Waals surface area contributed by atoms with Crippen LogP contribution in [0.15, 0.2) is 77.7 Å². The summed E-state index contributed by atoms with van der Waals surface area (Å²) < 4.78 is 34.3. The first-order chi connectivity index (χ1) is 20.1. The van der Waals surface area contributed by atoms with Gasteiger partial charge in [-0.3, -0.25) is 13.9 Å². The van der Waals surface area contributed by atoms with Gasteiger partial charge in [0, 0.05) is 12.6 Å². The molecule has 0 aromatic heterocycles. The van der Waals surface area contributed by atoms with Crippen molar-refractivity contribution in [3.8, 4) is 5.75 Å². The number of benzene rings is 3. The van der Waals surface area contributed by atoms with E-state index in [9.17, 15) is 18.0 Å². The van der Waals surface area contributed by atoms with E-state index in [1.807, 2.05) is 38.1 Å². The maximum Gasteiger partial charge on any atom is 0.264 e. The Morgan fingerprint density at radius 3 is 2.02 bits per heavy atom. The Hall–Kier alpha value is -3.85. The molecule has 1 atom stereocenters. The van der Waals surface area contributed by atoms with Gasteiger partial charge in [-0.05, 0) is 75.6 Å². The fourth-order valence-corrected chi connectivity index (χ4v) is 6.57. The van der Waals surface area contributed by atoms with Crippen LogP contribution in [-0.4, -0.2) is 50.9 Å². The summed E-state index contributed by atoms with van der Waals surface area (Å²) in [6.07, 6.45) is 5.15. The fourth-order valence-electron chi connectivity index (χ4n) is 5.16. The minimum atomic E-state index is -4.14. The van der Waals surface area contributed by atoms with Crippen LogP contribution in [0.5, 0.6) is 5.75 Å². The van der Waals surface area contributed by atoms with Crippen molar-refractivity contribution in [3.05, 3.63) is 89.5 Å². The van der Waals surface area contributed by atoms with Gasteiger partial charge in [0.1, 0.15) is 18.3 Å². The third-order valence-corrected chi connectivity index (χ3v) is 9.63. The van der Waals surface area contributed by atoms with Crippen molar-refractivity contribution in [3.63, 3.8) is 0 Å². The van der Waals surface area contributed by atoms with Crippen molar-refractivity contribution in [2.24, 2.45) is 0 Å². The van der Waals surface area contributed by atoms with Gasteiger partial charge in [0.25, 0.3) is 10.0 Å². The summed E-state index contributed by atoms with van der Waals surface area (Å²) in [4.78, 5) is 29.0. The second-order valence-electron chi connectivity index (χ2n) is 11.0. The molecule has 0 heterocycles. The van der Waals surface area contributed by atoms with Crippen molar-refractivity contribution in [2.45, 2.75) is 76.4 Å². The zero-order valence-electron chi connectivity index (χ0n) is 24.9. The topological polar surface area (TPSA) is 96.0 Å². The number of anilines is 1. The lowest BCUT2D eigenvalue weighted by molar-refractivity contribution is -0.139. The highest BCUT2D eigenvalue weighted by Crippen LogP contribution is 2.26. The molecule has 1 N–H and O–H groups in total. The quantitative estimate of drug-likeness (QED) is 0.323. The molecule has 2 amide bonds. The number of hydrogen-bond acceptors (Lipinski definition) is 5. The summed E-state index contributed by atoms with van der Waals surface area (Å²) in [5, 5.41) is 3.13. The molecular weight excluding hydrogens is 550 g/mol. The van der Waals surface area contributed by atoms with E-state index in [2.05, 4.69) is 5.32 Å². The molecule has 8 nitrogen and oxygen atoms in total. The van der Waals surface area contributed by atoms with Crippen LogP contribution in [0.4, 0.5) is 5.69 Å². The molecule has 1 saturated carbocycles. The molecule has 4 rings (SSSR count). The third kappa shape index (κ3) is 7.70. The van der Waals surface area contributed by atoms with E-state index in [0.29, 0.717) is 11.4 Å². The van der Waals surface area contributed by atoms with Crippen LogP contribution in [0.2, 0.25) is 0 Å². The number of nitrogens with one attached hydrogen (secondary N) is 1. The number of methoxy groups -OCH3 is 1. The maximum absolute atomic E-state index is 14.1. The van der Waals surface area contributed by atoms with Crippen LogP contribution < -0.4 is 14.4 Å². The number of carbonyl (C=O) groups excluding carboxylic acids is 2. The fraction of sp³-hybridized carbons (Fsp3) is 0.394. The van der Waals surface area contributed by atoms with Crippen LogP contribution in [0, 0.1) is 13.8 Å². The normalized spacial score (nSPS) is 14.6. The van der Waals surface area contributed by atoms with Crippen LogP contribution >= 0.6 is 0 Å². The van der Waals surface area contributed by atoms with Crippen molar-refractivity contribution < 1.29 is 22.7 Å². The lowest BCUT2D eigenvalue weighted by Gasteiger charge is -2.33. The molecule has 0 aliphatic heterocycles. The average Bonchev–Trinajstić information content (AvgIpc) is 3.00. The summed E-state index contributed by atoms with van der Waals surface area (Å²) in [6.45, 7) is 5.30. The molecule has 42 heavy (non-hydrogen) atoms. The number of nitrogens with zero attached hydrogens (tertiary/aromatic N) is 2. The molecule has 1 fully saturated rings.